The van der Waals surface area contributed by atoms with E-state index in [-0.39, 0.29) is 18.0 Å². The molecule has 1 aliphatic rings. The average molecular weight is 445 g/mol. The van der Waals surface area contributed by atoms with Crippen LogP contribution in [0.1, 0.15) is 66.3 Å². The average Bonchev–Trinajstić information content (AvgIpc) is 3.15. The number of rotatable bonds is 8. The SMILES string of the molecule is COc1ccc(-c2nnc(SCC(=O)N(C(C)C)C(C)C)n2[C@H]2CCCC[C@@H]2C)cc1. The molecule has 2 atom stereocenters. The molecule has 2 aromatic rings. The number of amides is 1. The third kappa shape index (κ3) is 5.43. The predicted molar refractivity (Wildman–Crippen MR) is 127 cm³/mol. The van der Waals surface area contributed by atoms with Crippen LogP contribution in [-0.4, -0.2) is 50.5 Å². The van der Waals surface area contributed by atoms with Crippen molar-refractivity contribution >= 4 is 17.7 Å². The Kier molecular flexibility index (Phi) is 8.03. The molecule has 170 valence electrons. The fraction of sp³-hybridized carbons (Fsp3) is 0.625. The van der Waals surface area contributed by atoms with E-state index in [1.807, 2.05) is 29.2 Å². The van der Waals surface area contributed by atoms with Crippen LogP contribution in [0, 0.1) is 5.92 Å². The Morgan fingerprint density at radius 1 is 1.13 bits per heavy atom. The van der Waals surface area contributed by atoms with E-state index in [2.05, 4.69) is 49.4 Å². The highest BCUT2D eigenvalue weighted by atomic mass is 32.2. The van der Waals surface area contributed by atoms with Crippen LogP contribution in [0.2, 0.25) is 0 Å². The van der Waals surface area contributed by atoms with Crippen molar-refractivity contribution in [1.29, 1.82) is 0 Å². The fourth-order valence-electron chi connectivity index (χ4n) is 4.66. The lowest BCUT2D eigenvalue weighted by Crippen LogP contribution is -2.43. The quantitative estimate of drug-likeness (QED) is 0.507. The lowest BCUT2D eigenvalue weighted by atomic mass is 9.85. The molecule has 0 bridgehead atoms. The number of ether oxygens (including phenoxy) is 1. The summed E-state index contributed by atoms with van der Waals surface area (Å²) < 4.78 is 7.60. The number of nitrogens with zero attached hydrogens (tertiary/aromatic N) is 4. The Balaban J connectivity index is 1.90. The molecule has 1 saturated carbocycles. The molecule has 0 saturated heterocycles. The lowest BCUT2D eigenvalue weighted by molar-refractivity contribution is -0.131. The topological polar surface area (TPSA) is 60.3 Å². The Hall–Kier alpha value is -2.02. The molecule has 1 amide bonds. The Labute approximate surface area is 190 Å². The summed E-state index contributed by atoms with van der Waals surface area (Å²) in [5.41, 5.74) is 1.02. The second-order valence-corrected chi connectivity index (χ2v) is 9.95. The molecule has 1 aromatic heterocycles. The largest absolute Gasteiger partial charge is 0.497 e. The molecule has 0 N–H and O–H groups in total. The molecule has 3 rings (SSSR count). The highest BCUT2D eigenvalue weighted by Crippen LogP contribution is 2.39. The van der Waals surface area contributed by atoms with Gasteiger partial charge in [0, 0.05) is 23.7 Å². The predicted octanol–water partition coefficient (Wildman–Crippen LogP) is 5.44. The Bertz CT molecular complexity index is 855. The zero-order valence-corrected chi connectivity index (χ0v) is 20.5. The van der Waals surface area contributed by atoms with Gasteiger partial charge in [0.1, 0.15) is 5.75 Å². The monoisotopic (exact) mass is 444 g/mol. The van der Waals surface area contributed by atoms with Crippen molar-refractivity contribution in [2.45, 2.75) is 83.6 Å². The standard InChI is InChI=1S/C24H36N4O2S/c1-16(2)27(17(3)4)22(29)15-31-24-26-25-23(19-11-13-20(30-6)14-12-19)28(24)21-10-8-7-9-18(21)5/h11-14,16-18,21H,7-10,15H2,1-6H3/t18-,21-/m0/s1. The molecule has 31 heavy (non-hydrogen) atoms. The number of aromatic nitrogens is 3. The number of hydrogen-bond acceptors (Lipinski definition) is 5. The van der Waals surface area contributed by atoms with E-state index >= 15 is 0 Å². The van der Waals surface area contributed by atoms with Gasteiger partial charge in [-0.1, -0.05) is 31.5 Å². The van der Waals surface area contributed by atoms with Gasteiger partial charge in [0.25, 0.3) is 0 Å². The van der Waals surface area contributed by atoms with Gasteiger partial charge >= 0.3 is 0 Å². The molecule has 0 spiro atoms. The molecule has 1 fully saturated rings. The molecular weight excluding hydrogens is 408 g/mol. The van der Waals surface area contributed by atoms with Crippen molar-refractivity contribution in [2.75, 3.05) is 12.9 Å². The number of methoxy groups -OCH3 is 1. The second-order valence-electron chi connectivity index (χ2n) is 9.01. The van der Waals surface area contributed by atoms with Crippen LogP contribution < -0.4 is 4.74 Å². The van der Waals surface area contributed by atoms with E-state index in [1.165, 1.54) is 31.0 Å². The highest BCUT2D eigenvalue weighted by molar-refractivity contribution is 7.99. The number of carbonyl (C=O) groups is 1. The third-order valence-corrected chi connectivity index (χ3v) is 7.06. The maximum absolute atomic E-state index is 12.9. The molecule has 1 aromatic carbocycles. The first-order valence-electron chi connectivity index (χ1n) is 11.4. The molecule has 7 heteroatoms. The van der Waals surface area contributed by atoms with Crippen LogP contribution >= 0.6 is 11.8 Å². The van der Waals surface area contributed by atoms with E-state index in [9.17, 15) is 4.79 Å². The first-order valence-corrected chi connectivity index (χ1v) is 12.3. The van der Waals surface area contributed by atoms with Crippen molar-refractivity contribution in [1.82, 2.24) is 19.7 Å². The number of thioether (sulfide) groups is 1. The third-order valence-electron chi connectivity index (χ3n) is 6.14. The fourth-order valence-corrected chi connectivity index (χ4v) is 5.53. The van der Waals surface area contributed by atoms with Gasteiger partial charge in [-0.05, 0) is 70.7 Å². The van der Waals surface area contributed by atoms with Gasteiger partial charge in [-0.15, -0.1) is 10.2 Å². The summed E-state index contributed by atoms with van der Waals surface area (Å²) in [4.78, 5) is 14.9. The van der Waals surface area contributed by atoms with E-state index < -0.39 is 0 Å². The Morgan fingerprint density at radius 3 is 2.35 bits per heavy atom. The lowest BCUT2D eigenvalue weighted by Gasteiger charge is -2.32. The highest BCUT2D eigenvalue weighted by Gasteiger charge is 2.29. The summed E-state index contributed by atoms with van der Waals surface area (Å²) in [6.45, 7) is 10.6. The zero-order chi connectivity index (χ0) is 22.5. The van der Waals surface area contributed by atoms with Gasteiger partial charge in [-0.3, -0.25) is 9.36 Å². The first kappa shape index (κ1) is 23.6. The number of carbonyl (C=O) groups excluding carboxylic acids is 1. The Morgan fingerprint density at radius 2 is 1.77 bits per heavy atom. The van der Waals surface area contributed by atoms with Gasteiger partial charge in [-0.25, -0.2) is 0 Å². The molecular formula is C24H36N4O2S. The van der Waals surface area contributed by atoms with Crippen LogP contribution in [0.4, 0.5) is 0 Å². The van der Waals surface area contributed by atoms with Crippen LogP contribution in [0.5, 0.6) is 5.75 Å². The molecule has 1 aliphatic carbocycles. The van der Waals surface area contributed by atoms with Crippen molar-refractivity contribution in [3.8, 4) is 17.1 Å². The maximum Gasteiger partial charge on any atom is 0.233 e. The molecule has 1 heterocycles. The van der Waals surface area contributed by atoms with E-state index in [4.69, 9.17) is 4.74 Å². The van der Waals surface area contributed by atoms with Crippen molar-refractivity contribution in [3.05, 3.63) is 24.3 Å². The van der Waals surface area contributed by atoms with Gasteiger partial charge in [0.15, 0.2) is 11.0 Å². The summed E-state index contributed by atoms with van der Waals surface area (Å²) in [7, 11) is 1.67. The van der Waals surface area contributed by atoms with E-state index in [0.717, 1.165) is 28.7 Å². The van der Waals surface area contributed by atoms with Crippen molar-refractivity contribution in [2.24, 2.45) is 5.92 Å². The minimum atomic E-state index is 0.146. The molecule has 6 nitrogen and oxygen atoms in total. The molecule has 0 aliphatic heterocycles. The van der Waals surface area contributed by atoms with Crippen molar-refractivity contribution < 1.29 is 9.53 Å². The second kappa shape index (κ2) is 10.5. The van der Waals surface area contributed by atoms with Gasteiger partial charge < -0.3 is 9.64 Å². The summed E-state index contributed by atoms with van der Waals surface area (Å²) >= 11 is 1.51. The summed E-state index contributed by atoms with van der Waals surface area (Å²) in [5, 5.41) is 9.95. The summed E-state index contributed by atoms with van der Waals surface area (Å²) in [5.74, 6) is 2.77. The van der Waals surface area contributed by atoms with Crippen LogP contribution in [-0.2, 0) is 4.79 Å². The smallest absolute Gasteiger partial charge is 0.233 e. The first-order chi connectivity index (χ1) is 14.8. The van der Waals surface area contributed by atoms with Gasteiger partial charge in [-0.2, -0.15) is 0 Å². The minimum Gasteiger partial charge on any atom is -0.497 e. The maximum atomic E-state index is 12.9. The van der Waals surface area contributed by atoms with Crippen molar-refractivity contribution in [3.63, 3.8) is 0 Å². The van der Waals surface area contributed by atoms with Gasteiger partial charge in [0.05, 0.1) is 12.9 Å². The minimum absolute atomic E-state index is 0.146. The van der Waals surface area contributed by atoms with Gasteiger partial charge in [0.2, 0.25) is 5.91 Å². The van der Waals surface area contributed by atoms with E-state index in [0.29, 0.717) is 17.7 Å². The normalized spacial score (nSPS) is 19.1. The van der Waals surface area contributed by atoms with Crippen LogP contribution in [0.15, 0.2) is 29.4 Å². The van der Waals surface area contributed by atoms with Crippen LogP contribution in [0.3, 0.4) is 0 Å². The molecule has 0 unspecified atom stereocenters. The molecule has 0 radical (unpaired) electrons. The van der Waals surface area contributed by atoms with Crippen LogP contribution in [0.25, 0.3) is 11.4 Å². The number of hydrogen-bond donors (Lipinski definition) is 0. The summed E-state index contributed by atoms with van der Waals surface area (Å²) in [6.07, 6.45) is 4.82. The summed E-state index contributed by atoms with van der Waals surface area (Å²) in [6, 6.07) is 8.69. The van der Waals surface area contributed by atoms with E-state index in [1.54, 1.807) is 7.11 Å². The zero-order valence-electron chi connectivity index (χ0n) is 19.7. The number of benzene rings is 1.